The predicted octanol–water partition coefficient (Wildman–Crippen LogP) is 4.29. The zero-order chi connectivity index (χ0) is 21.5. The Kier molecular flexibility index (Phi) is 4.45. The molecule has 1 unspecified atom stereocenters. The summed E-state index contributed by atoms with van der Waals surface area (Å²) in [6.45, 7) is 1.36. The lowest BCUT2D eigenvalue weighted by Gasteiger charge is -2.31. The van der Waals surface area contributed by atoms with E-state index in [2.05, 4.69) is 44.7 Å². The fourth-order valence-corrected chi connectivity index (χ4v) is 4.61. The number of likely N-dealkylation sites (tertiary alicyclic amines) is 1. The van der Waals surface area contributed by atoms with Crippen LogP contribution >= 0.6 is 0 Å². The molecule has 1 amide bonds. The van der Waals surface area contributed by atoms with Crippen LogP contribution in [-0.4, -0.2) is 48.7 Å². The largest absolute Gasteiger partial charge is 0.337 e. The fourth-order valence-electron chi connectivity index (χ4n) is 4.61. The van der Waals surface area contributed by atoms with Crippen molar-refractivity contribution in [1.82, 2.24) is 29.7 Å². The van der Waals surface area contributed by atoms with Gasteiger partial charge >= 0.3 is 0 Å². The molecule has 0 aliphatic carbocycles. The van der Waals surface area contributed by atoms with Crippen LogP contribution in [0.1, 0.15) is 35.1 Å². The second kappa shape index (κ2) is 7.60. The molecule has 4 heterocycles. The average molecular weight is 422 g/mol. The van der Waals surface area contributed by atoms with Crippen LogP contribution in [0.2, 0.25) is 0 Å². The van der Waals surface area contributed by atoms with Crippen molar-refractivity contribution in [3.63, 3.8) is 0 Å². The number of piperidine rings is 1. The maximum absolute atomic E-state index is 13.2. The van der Waals surface area contributed by atoms with Crippen molar-refractivity contribution >= 4 is 22.3 Å². The van der Waals surface area contributed by atoms with Crippen LogP contribution in [0.15, 0.2) is 72.9 Å². The summed E-state index contributed by atoms with van der Waals surface area (Å²) >= 11 is 0. The van der Waals surface area contributed by atoms with Crippen molar-refractivity contribution in [2.45, 2.75) is 18.8 Å². The number of hydrogen-bond acceptors (Lipinski definition) is 4. The highest BCUT2D eigenvalue weighted by Gasteiger charge is 2.29. The molecular formula is C25H22N6O. The first-order valence-electron chi connectivity index (χ1n) is 10.9. The number of benzene rings is 2. The molecule has 32 heavy (non-hydrogen) atoms. The van der Waals surface area contributed by atoms with E-state index in [1.54, 1.807) is 0 Å². The first-order valence-corrected chi connectivity index (χ1v) is 10.9. The lowest BCUT2D eigenvalue weighted by molar-refractivity contribution is 0.0698. The minimum absolute atomic E-state index is 0.0249. The summed E-state index contributed by atoms with van der Waals surface area (Å²) < 4.78 is 2.02. The van der Waals surface area contributed by atoms with Crippen LogP contribution in [0.3, 0.4) is 0 Å². The van der Waals surface area contributed by atoms with Gasteiger partial charge < -0.3 is 4.90 Å². The van der Waals surface area contributed by atoms with E-state index in [9.17, 15) is 4.79 Å². The number of amides is 1. The first kappa shape index (κ1) is 18.7. The van der Waals surface area contributed by atoms with Crippen molar-refractivity contribution < 1.29 is 4.79 Å². The zero-order valence-electron chi connectivity index (χ0n) is 17.5. The van der Waals surface area contributed by atoms with Gasteiger partial charge in [-0.2, -0.15) is 5.10 Å². The Balaban J connectivity index is 1.24. The molecule has 158 valence electrons. The molecule has 6 rings (SSSR count). The number of nitrogens with zero attached hydrogens (tertiary/aromatic N) is 5. The van der Waals surface area contributed by atoms with Crippen LogP contribution in [0.4, 0.5) is 0 Å². The summed E-state index contributed by atoms with van der Waals surface area (Å²) in [6.07, 6.45) is 3.91. The van der Waals surface area contributed by atoms with Gasteiger partial charge in [0.2, 0.25) is 0 Å². The standard InChI is InChI=1S/C25H22N6O/c32-25(22-15-21(26-27-22)19-11-10-17-6-1-2-7-18(17)14-19)30-12-5-8-20(16-30)24-29-28-23-9-3-4-13-31(23)24/h1-4,6-7,9-11,13-15,20H,5,8,12,16H2,(H,26,27). The highest BCUT2D eigenvalue weighted by Crippen LogP contribution is 2.28. The molecule has 3 aromatic heterocycles. The van der Waals surface area contributed by atoms with Gasteiger partial charge in [-0.25, -0.2) is 0 Å². The molecule has 7 heteroatoms. The number of carbonyl (C=O) groups is 1. The Hall–Kier alpha value is -4.00. The molecule has 2 aromatic carbocycles. The maximum atomic E-state index is 13.2. The number of aromatic amines is 1. The van der Waals surface area contributed by atoms with Crippen molar-refractivity contribution in [2.24, 2.45) is 0 Å². The number of H-pyrrole nitrogens is 1. The molecule has 1 aliphatic rings. The minimum Gasteiger partial charge on any atom is -0.337 e. The second-order valence-corrected chi connectivity index (χ2v) is 8.31. The smallest absolute Gasteiger partial charge is 0.271 e. The third kappa shape index (κ3) is 3.22. The monoisotopic (exact) mass is 422 g/mol. The Bertz CT molecular complexity index is 1430. The molecule has 7 nitrogen and oxygen atoms in total. The predicted molar refractivity (Wildman–Crippen MR) is 122 cm³/mol. The van der Waals surface area contributed by atoms with E-state index in [-0.39, 0.29) is 11.8 Å². The fraction of sp³-hybridized carbons (Fsp3) is 0.200. The second-order valence-electron chi connectivity index (χ2n) is 8.31. The van der Waals surface area contributed by atoms with E-state index in [0.717, 1.165) is 47.5 Å². The summed E-state index contributed by atoms with van der Waals surface area (Å²) in [7, 11) is 0. The Morgan fingerprint density at radius 1 is 0.969 bits per heavy atom. The third-order valence-corrected chi connectivity index (χ3v) is 6.27. The minimum atomic E-state index is -0.0249. The molecule has 5 aromatic rings. The number of aromatic nitrogens is 5. The first-order chi connectivity index (χ1) is 15.8. The molecule has 1 aliphatic heterocycles. The molecule has 0 bridgehead atoms. The Morgan fingerprint density at radius 3 is 2.78 bits per heavy atom. The van der Waals surface area contributed by atoms with Crippen molar-refractivity contribution in [3.8, 4) is 11.3 Å². The maximum Gasteiger partial charge on any atom is 0.271 e. The van der Waals surface area contributed by atoms with Gasteiger partial charge in [-0.05, 0) is 47.9 Å². The Labute approximate surface area is 184 Å². The van der Waals surface area contributed by atoms with Gasteiger partial charge in [-0.1, -0.05) is 42.5 Å². The van der Waals surface area contributed by atoms with Gasteiger partial charge in [-0.3, -0.25) is 14.3 Å². The average Bonchev–Trinajstić information content (AvgIpc) is 3.51. The molecular weight excluding hydrogens is 400 g/mol. The molecule has 0 saturated carbocycles. The van der Waals surface area contributed by atoms with Crippen molar-refractivity contribution in [2.75, 3.05) is 13.1 Å². The number of nitrogens with one attached hydrogen (secondary N) is 1. The van der Waals surface area contributed by atoms with Crippen LogP contribution in [0.5, 0.6) is 0 Å². The highest BCUT2D eigenvalue weighted by atomic mass is 16.2. The number of rotatable bonds is 3. The number of carbonyl (C=O) groups excluding carboxylic acids is 1. The van der Waals surface area contributed by atoms with E-state index in [1.807, 2.05) is 58.0 Å². The zero-order valence-corrected chi connectivity index (χ0v) is 17.5. The number of hydrogen-bond donors (Lipinski definition) is 1. The van der Waals surface area contributed by atoms with Gasteiger partial charge in [0.25, 0.3) is 5.91 Å². The molecule has 0 radical (unpaired) electrons. The lowest BCUT2D eigenvalue weighted by Crippen LogP contribution is -2.39. The molecule has 1 atom stereocenters. The van der Waals surface area contributed by atoms with E-state index in [0.29, 0.717) is 12.2 Å². The van der Waals surface area contributed by atoms with Gasteiger partial charge in [0, 0.05) is 30.8 Å². The molecule has 1 fully saturated rings. The molecule has 1 N–H and O–H groups in total. The summed E-state index contributed by atoms with van der Waals surface area (Å²) in [6, 6.07) is 22.2. The number of fused-ring (bicyclic) bond motifs is 2. The van der Waals surface area contributed by atoms with Crippen LogP contribution in [-0.2, 0) is 0 Å². The van der Waals surface area contributed by atoms with Crippen LogP contribution in [0, 0.1) is 0 Å². The quantitative estimate of drug-likeness (QED) is 0.470. The summed E-state index contributed by atoms with van der Waals surface area (Å²) in [5.74, 6) is 1.05. The van der Waals surface area contributed by atoms with Gasteiger partial charge in [0.15, 0.2) is 5.65 Å². The van der Waals surface area contributed by atoms with Crippen LogP contribution < -0.4 is 0 Å². The van der Waals surface area contributed by atoms with E-state index in [4.69, 9.17) is 0 Å². The summed E-state index contributed by atoms with van der Waals surface area (Å²) in [5, 5.41) is 18.4. The lowest BCUT2D eigenvalue weighted by atomic mass is 9.97. The third-order valence-electron chi connectivity index (χ3n) is 6.27. The Morgan fingerprint density at radius 2 is 1.84 bits per heavy atom. The summed E-state index contributed by atoms with van der Waals surface area (Å²) in [5.41, 5.74) is 3.11. The highest BCUT2D eigenvalue weighted by molar-refractivity contribution is 5.94. The van der Waals surface area contributed by atoms with Crippen LogP contribution in [0.25, 0.3) is 27.7 Å². The van der Waals surface area contributed by atoms with Gasteiger partial charge in [0.1, 0.15) is 11.5 Å². The van der Waals surface area contributed by atoms with Gasteiger partial charge in [-0.15, -0.1) is 10.2 Å². The van der Waals surface area contributed by atoms with E-state index in [1.165, 1.54) is 5.39 Å². The van der Waals surface area contributed by atoms with E-state index >= 15 is 0 Å². The SMILES string of the molecule is O=C(c1cc(-c2ccc3ccccc3c2)n[nH]1)N1CCCC(c2nnc3ccccn23)C1. The van der Waals surface area contributed by atoms with E-state index < -0.39 is 0 Å². The van der Waals surface area contributed by atoms with Gasteiger partial charge in [0.05, 0.1) is 5.69 Å². The summed E-state index contributed by atoms with van der Waals surface area (Å²) in [4.78, 5) is 15.1. The van der Waals surface area contributed by atoms with Crippen molar-refractivity contribution in [3.05, 3.63) is 84.4 Å². The number of pyridine rings is 1. The van der Waals surface area contributed by atoms with Crippen molar-refractivity contribution in [1.29, 1.82) is 0 Å². The topological polar surface area (TPSA) is 79.2 Å². The molecule has 0 spiro atoms. The molecule has 1 saturated heterocycles. The normalized spacial score (nSPS) is 16.6.